The second-order valence-corrected chi connectivity index (χ2v) is 3.82. The van der Waals surface area contributed by atoms with Crippen LogP contribution in [0.1, 0.15) is 19.4 Å². The van der Waals surface area contributed by atoms with Crippen LogP contribution in [0.2, 0.25) is 0 Å². The van der Waals surface area contributed by atoms with Crippen molar-refractivity contribution < 1.29 is 4.74 Å². The molecule has 0 aliphatic carbocycles. The molecule has 0 radical (unpaired) electrons. The van der Waals surface area contributed by atoms with E-state index in [0.29, 0.717) is 0 Å². The van der Waals surface area contributed by atoms with Gasteiger partial charge < -0.3 is 4.74 Å². The lowest BCUT2D eigenvalue weighted by molar-refractivity contribution is 0.242. The average molecular weight is 230 g/mol. The molecule has 1 aromatic carbocycles. The van der Waals surface area contributed by atoms with Gasteiger partial charge in [-0.3, -0.25) is 0 Å². The standard InChI is InChI=1S/C12H14N4O/c1-10(2)17-12-5-3-11(4-6-12)7-15-16-8-13-14-9-16/h3-10H,1-2H3/b15-7+. The first-order valence-corrected chi connectivity index (χ1v) is 5.40. The first-order chi connectivity index (χ1) is 8.24. The van der Waals surface area contributed by atoms with Crippen LogP contribution in [0.3, 0.4) is 0 Å². The van der Waals surface area contributed by atoms with E-state index in [2.05, 4.69) is 15.3 Å². The molecule has 5 heteroatoms. The lowest BCUT2D eigenvalue weighted by Crippen LogP contribution is -2.05. The highest BCUT2D eigenvalue weighted by Gasteiger charge is 1.96. The van der Waals surface area contributed by atoms with Crippen molar-refractivity contribution in [2.24, 2.45) is 5.10 Å². The normalized spacial score (nSPS) is 11.2. The van der Waals surface area contributed by atoms with Gasteiger partial charge in [0.15, 0.2) is 0 Å². The quantitative estimate of drug-likeness (QED) is 0.754. The van der Waals surface area contributed by atoms with E-state index in [1.165, 1.54) is 12.7 Å². The van der Waals surface area contributed by atoms with Crippen molar-refractivity contribution in [1.82, 2.24) is 14.9 Å². The minimum absolute atomic E-state index is 0.187. The SMILES string of the molecule is CC(C)Oc1ccc(/C=N/n2cnnc2)cc1. The molecule has 0 saturated heterocycles. The van der Waals surface area contributed by atoms with Crippen molar-refractivity contribution in [2.75, 3.05) is 0 Å². The topological polar surface area (TPSA) is 52.3 Å². The predicted octanol–water partition coefficient (Wildman–Crippen LogP) is 1.95. The fraction of sp³-hybridized carbons (Fsp3) is 0.250. The lowest BCUT2D eigenvalue weighted by Gasteiger charge is -2.08. The molecule has 2 rings (SSSR count). The van der Waals surface area contributed by atoms with Crippen LogP contribution in [0.4, 0.5) is 0 Å². The van der Waals surface area contributed by atoms with Gasteiger partial charge in [-0.2, -0.15) is 5.10 Å². The predicted molar refractivity (Wildman–Crippen MR) is 65.2 cm³/mol. The lowest BCUT2D eigenvalue weighted by atomic mass is 10.2. The summed E-state index contributed by atoms with van der Waals surface area (Å²) in [6, 6.07) is 7.75. The number of aromatic nitrogens is 3. The van der Waals surface area contributed by atoms with Gasteiger partial charge >= 0.3 is 0 Å². The maximum Gasteiger partial charge on any atom is 0.141 e. The van der Waals surface area contributed by atoms with Crippen LogP contribution in [-0.2, 0) is 0 Å². The zero-order valence-electron chi connectivity index (χ0n) is 9.82. The Hall–Kier alpha value is -2.17. The van der Waals surface area contributed by atoms with Crippen LogP contribution in [0.25, 0.3) is 0 Å². The van der Waals surface area contributed by atoms with Crippen LogP contribution in [0.5, 0.6) is 5.75 Å². The molecule has 0 fully saturated rings. The van der Waals surface area contributed by atoms with E-state index in [-0.39, 0.29) is 6.10 Å². The van der Waals surface area contributed by atoms with E-state index in [4.69, 9.17) is 4.74 Å². The molecule has 0 saturated carbocycles. The molecule has 0 aliphatic rings. The number of hydrogen-bond acceptors (Lipinski definition) is 4. The molecule has 1 aromatic heterocycles. The molecule has 0 unspecified atom stereocenters. The Kier molecular flexibility index (Phi) is 3.49. The van der Waals surface area contributed by atoms with Gasteiger partial charge in [0.05, 0.1) is 12.3 Å². The third-order valence-electron chi connectivity index (χ3n) is 2.00. The van der Waals surface area contributed by atoms with Gasteiger partial charge in [-0.05, 0) is 43.7 Å². The van der Waals surface area contributed by atoms with Gasteiger partial charge in [0.25, 0.3) is 0 Å². The Morgan fingerprint density at radius 3 is 2.41 bits per heavy atom. The Morgan fingerprint density at radius 1 is 1.18 bits per heavy atom. The van der Waals surface area contributed by atoms with Gasteiger partial charge in [-0.15, -0.1) is 10.2 Å². The van der Waals surface area contributed by atoms with E-state index in [1.54, 1.807) is 10.9 Å². The zero-order chi connectivity index (χ0) is 12.1. The largest absolute Gasteiger partial charge is 0.491 e. The van der Waals surface area contributed by atoms with Crippen molar-refractivity contribution in [2.45, 2.75) is 20.0 Å². The first kappa shape index (κ1) is 11.3. The fourth-order valence-electron chi connectivity index (χ4n) is 1.29. The molecular formula is C12H14N4O. The van der Waals surface area contributed by atoms with Crippen molar-refractivity contribution >= 4 is 6.21 Å². The van der Waals surface area contributed by atoms with Crippen LogP contribution >= 0.6 is 0 Å². The summed E-state index contributed by atoms with van der Waals surface area (Å²) in [7, 11) is 0. The molecule has 0 atom stereocenters. The van der Waals surface area contributed by atoms with Crippen LogP contribution in [0, 0.1) is 0 Å². The molecular weight excluding hydrogens is 216 g/mol. The van der Waals surface area contributed by atoms with E-state index in [9.17, 15) is 0 Å². The Morgan fingerprint density at radius 2 is 1.82 bits per heavy atom. The summed E-state index contributed by atoms with van der Waals surface area (Å²) < 4.78 is 7.09. The molecule has 0 aliphatic heterocycles. The second kappa shape index (κ2) is 5.25. The van der Waals surface area contributed by atoms with Crippen molar-refractivity contribution in [1.29, 1.82) is 0 Å². The third kappa shape index (κ3) is 3.41. The second-order valence-electron chi connectivity index (χ2n) is 3.82. The van der Waals surface area contributed by atoms with Crippen LogP contribution in [0.15, 0.2) is 42.0 Å². The first-order valence-electron chi connectivity index (χ1n) is 5.40. The minimum Gasteiger partial charge on any atom is -0.491 e. The maximum atomic E-state index is 5.55. The molecule has 0 N–H and O–H groups in total. The molecule has 2 aromatic rings. The summed E-state index contributed by atoms with van der Waals surface area (Å²) in [6.07, 6.45) is 4.99. The molecule has 0 spiro atoms. The highest BCUT2D eigenvalue weighted by molar-refractivity contribution is 5.79. The number of hydrogen-bond donors (Lipinski definition) is 0. The van der Waals surface area contributed by atoms with Crippen molar-refractivity contribution in [3.05, 3.63) is 42.5 Å². The molecule has 5 nitrogen and oxygen atoms in total. The molecule has 88 valence electrons. The van der Waals surface area contributed by atoms with E-state index in [0.717, 1.165) is 11.3 Å². The Balaban J connectivity index is 2.03. The summed E-state index contributed by atoms with van der Waals surface area (Å²) in [5.41, 5.74) is 0.995. The summed E-state index contributed by atoms with van der Waals surface area (Å²) in [6.45, 7) is 4.00. The van der Waals surface area contributed by atoms with Crippen LogP contribution in [-0.4, -0.2) is 27.2 Å². The maximum absolute atomic E-state index is 5.55. The number of nitrogens with zero attached hydrogens (tertiary/aromatic N) is 4. The summed E-state index contributed by atoms with van der Waals surface area (Å²) >= 11 is 0. The van der Waals surface area contributed by atoms with Crippen molar-refractivity contribution in [3.8, 4) is 5.75 Å². The van der Waals surface area contributed by atoms with Crippen molar-refractivity contribution in [3.63, 3.8) is 0 Å². The van der Waals surface area contributed by atoms with E-state index < -0.39 is 0 Å². The molecule has 17 heavy (non-hydrogen) atoms. The molecule has 0 amide bonds. The number of ether oxygens (including phenoxy) is 1. The minimum atomic E-state index is 0.187. The monoisotopic (exact) mass is 230 g/mol. The highest BCUT2D eigenvalue weighted by atomic mass is 16.5. The van der Waals surface area contributed by atoms with E-state index >= 15 is 0 Å². The summed E-state index contributed by atoms with van der Waals surface area (Å²) in [5, 5.41) is 11.5. The number of benzene rings is 1. The fourth-order valence-corrected chi connectivity index (χ4v) is 1.29. The van der Waals surface area contributed by atoms with Gasteiger partial charge in [0.1, 0.15) is 18.4 Å². The number of rotatable bonds is 4. The van der Waals surface area contributed by atoms with Gasteiger partial charge in [-0.25, -0.2) is 4.68 Å². The smallest absolute Gasteiger partial charge is 0.141 e. The summed E-state index contributed by atoms with van der Waals surface area (Å²) in [5.74, 6) is 0.862. The molecule has 0 bridgehead atoms. The van der Waals surface area contributed by atoms with Crippen LogP contribution < -0.4 is 4.74 Å². The Bertz CT molecular complexity index is 474. The van der Waals surface area contributed by atoms with Gasteiger partial charge in [0.2, 0.25) is 0 Å². The summed E-state index contributed by atoms with van der Waals surface area (Å²) in [4.78, 5) is 0. The van der Waals surface area contributed by atoms with Gasteiger partial charge in [-0.1, -0.05) is 0 Å². The highest BCUT2D eigenvalue weighted by Crippen LogP contribution is 2.12. The van der Waals surface area contributed by atoms with E-state index in [1.807, 2.05) is 38.1 Å². The zero-order valence-corrected chi connectivity index (χ0v) is 9.82. The molecule has 1 heterocycles. The third-order valence-corrected chi connectivity index (χ3v) is 2.00. The van der Waals surface area contributed by atoms with Gasteiger partial charge in [0, 0.05) is 0 Å². The average Bonchev–Trinajstić information content (AvgIpc) is 2.80. The Labute approximate surface area is 99.8 Å².